The van der Waals surface area contributed by atoms with Gasteiger partial charge in [-0.1, -0.05) is 6.07 Å². The van der Waals surface area contributed by atoms with E-state index in [9.17, 15) is 22.8 Å². The van der Waals surface area contributed by atoms with Crippen LogP contribution in [0.25, 0.3) is 0 Å². The van der Waals surface area contributed by atoms with Crippen molar-refractivity contribution in [2.45, 2.75) is 18.6 Å². The van der Waals surface area contributed by atoms with Crippen molar-refractivity contribution in [3.8, 4) is 0 Å². The van der Waals surface area contributed by atoms with Gasteiger partial charge in [0, 0.05) is 11.9 Å². The van der Waals surface area contributed by atoms with Gasteiger partial charge in [0.25, 0.3) is 5.91 Å². The number of ether oxygens (including phenoxy) is 1. The summed E-state index contributed by atoms with van der Waals surface area (Å²) in [5.41, 5.74) is -4.31. The van der Waals surface area contributed by atoms with Crippen molar-refractivity contribution in [2.75, 3.05) is 12.4 Å². The Kier molecular flexibility index (Phi) is 3.82. The lowest BCUT2D eigenvalue weighted by molar-refractivity contribution is -0.178. The van der Waals surface area contributed by atoms with E-state index in [1.54, 1.807) is 0 Å². The molecule has 1 aromatic rings. The molecule has 1 amide bonds. The molecule has 1 atom stereocenters. The summed E-state index contributed by atoms with van der Waals surface area (Å²) in [6.45, 7) is 1.19. The van der Waals surface area contributed by atoms with Crippen LogP contribution in [0.5, 0.6) is 0 Å². The topological polar surface area (TPSA) is 80.3 Å². The first-order valence-corrected chi connectivity index (χ1v) is 6.11. The number of pyridine rings is 1. The van der Waals surface area contributed by atoms with E-state index in [0.717, 1.165) is 7.11 Å². The molecule has 2 heterocycles. The van der Waals surface area contributed by atoms with Gasteiger partial charge in [0.1, 0.15) is 11.4 Å². The summed E-state index contributed by atoms with van der Waals surface area (Å²) in [4.78, 5) is 27.5. The zero-order valence-electron chi connectivity index (χ0n) is 11.6. The molecular weight excluding hydrogens is 303 g/mol. The van der Waals surface area contributed by atoms with Gasteiger partial charge in [-0.05, 0) is 19.1 Å². The van der Waals surface area contributed by atoms with Crippen LogP contribution in [0.2, 0.25) is 0 Å². The Labute approximate surface area is 123 Å². The molecule has 9 heteroatoms. The maximum absolute atomic E-state index is 13.7. The van der Waals surface area contributed by atoms with Gasteiger partial charge < -0.3 is 15.4 Å². The third kappa shape index (κ3) is 2.28. The number of allylic oxidation sites excluding steroid dienone is 1. The van der Waals surface area contributed by atoms with Gasteiger partial charge in [0.15, 0.2) is 0 Å². The molecule has 0 bridgehead atoms. The highest BCUT2D eigenvalue weighted by Gasteiger charge is 2.68. The Bertz CT molecular complexity index is 643. The number of rotatable bonds is 3. The van der Waals surface area contributed by atoms with Crippen molar-refractivity contribution in [3.05, 3.63) is 35.7 Å². The standard InChI is InChI=1S/C13H12F3N3O3/c1-7-9(10(20)22-2)12(11(21)18-7,13(14,15)16)19-8-5-3-4-6-17-8/h3-6H,1-2H3,(H,17,19)(H,18,21)/t12-/m0/s1. The van der Waals surface area contributed by atoms with Gasteiger partial charge in [-0.15, -0.1) is 0 Å². The summed E-state index contributed by atoms with van der Waals surface area (Å²) < 4.78 is 45.4. The van der Waals surface area contributed by atoms with Crippen LogP contribution in [0.15, 0.2) is 35.7 Å². The van der Waals surface area contributed by atoms with E-state index in [2.05, 4.69) is 9.72 Å². The number of methoxy groups -OCH3 is 1. The van der Waals surface area contributed by atoms with Gasteiger partial charge in [-0.25, -0.2) is 9.78 Å². The van der Waals surface area contributed by atoms with Crippen LogP contribution in [0.1, 0.15) is 6.92 Å². The van der Waals surface area contributed by atoms with Crippen LogP contribution in [-0.4, -0.2) is 35.7 Å². The maximum Gasteiger partial charge on any atom is 0.425 e. The Morgan fingerprint density at radius 2 is 2.09 bits per heavy atom. The van der Waals surface area contributed by atoms with Crippen molar-refractivity contribution in [1.82, 2.24) is 10.3 Å². The monoisotopic (exact) mass is 315 g/mol. The van der Waals surface area contributed by atoms with Crippen molar-refractivity contribution in [3.63, 3.8) is 0 Å². The lowest BCUT2D eigenvalue weighted by Gasteiger charge is -2.32. The lowest BCUT2D eigenvalue weighted by atomic mass is 9.89. The molecule has 2 rings (SSSR count). The largest absolute Gasteiger partial charge is 0.466 e. The highest BCUT2D eigenvalue weighted by molar-refractivity contribution is 6.10. The van der Waals surface area contributed by atoms with Crippen molar-refractivity contribution in [1.29, 1.82) is 0 Å². The molecule has 2 N–H and O–H groups in total. The predicted octanol–water partition coefficient (Wildman–Crippen LogP) is 1.37. The van der Waals surface area contributed by atoms with E-state index < -0.39 is 29.2 Å². The molecule has 0 spiro atoms. The molecule has 0 unspecified atom stereocenters. The molecule has 6 nitrogen and oxygen atoms in total. The van der Waals surface area contributed by atoms with E-state index in [0.29, 0.717) is 0 Å². The minimum Gasteiger partial charge on any atom is -0.466 e. The third-order valence-corrected chi connectivity index (χ3v) is 3.19. The predicted molar refractivity (Wildman–Crippen MR) is 69.5 cm³/mol. The molecule has 0 aromatic carbocycles. The molecule has 0 radical (unpaired) electrons. The highest BCUT2D eigenvalue weighted by atomic mass is 19.4. The number of nitrogens with zero attached hydrogens (tertiary/aromatic N) is 1. The summed E-state index contributed by atoms with van der Waals surface area (Å²) in [6.07, 6.45) is -3.83. The summed E-state index contributed by atoms with van der Waals surface area (Å²) in [6, 6.07) is 4.20. The molecule has 0 saturated carbocycles. The van der Waals surface area contributed by atoms with Crippen LogP contribution in [0, 0.1) is 0 Å². The number of hydrogen-bond donors (Lipinski definition) is 2. The number of carbonyl (C=O) groups is 2. The fourth-order valence-electron chi connectivity index (χ4n) is 2.22. The summed E-state index contributed by atoms with van der Waals surface area (Å²) in [7, 11) is 0.938. The first kappa shape index (κ1) is 15.8. The number of amides is 1. The normalized spacial score (nSPS) is 21.6. The number of alkyl halides is 3. The number of hydrogen-bond acceptors (Lipinski definition) is 5. The number of halogens is 3. The van der Waals surface area contributed by atoms with Gasteiger partial charge in [0.2, 0.25) is 5.54 Å². The molecule has 0 fully saturated rings. The van der Waals surface area contributed by atoms with E-state index in [-0.39, 0.29) is 11.5 Å². The maximum atomic E-state index is 13.7. The Morgan fingerprint density at radius 3 is 2.59 bits per heavy atom. The number of anilines is 1. The Balaban J connectivity index is 2.63. The minimum atomic E-state index is -5.09. The number of nitrogens with one attached hydrogen (secondary N) is 2. The molecular formula is C13H12F3N3O3. The zero-order valence-corrected chi connectivity index (χ0v) is 11.6. The first-order chi connectivity index (χ1) is 10.2. The van der Waals surface area contributed by atoms with E-state index in [4.69, 9.17) is 0 Å². The molecule has 0 saturated heterocycles. The zero-order chi connectivity index (χ0) is 16.5. The second-order valence-corrected chi connectivity index (χ2v) is 4.53. The average molecular weight is 315 g/mol. The van der Waals surface area contributed by atoms with Gasteiger partial charge in [-0.3, -0.25) is 4.79 Å². The summed E-state index contributed by atoms with van der Waals surface area (Å²) >= 11 is 0. The van der Waals surface area contributed by atoms with E-state index in [1.807, 2.05) is 10.6 Å². The van der Waals surface area contributed by atoms with Crippen molar-refractivity contribution in [2.24, 2.45) is 0 Å². The van der Waals surface area contributed by atoms with Crippen LogP contribution >= 0.6 is 0 Å². The quantitative estimate of drug-likeness (QED) is 0.824. The summed E-state index contributed by atoms with van der Waals surface area (Å²) in [5, 5.41) is 4.06. The van der Waals surface area contributed by atoms with Gasteiger partial charge >= 0.3 is 12.1 Å². The third-order valence-electron chi connectivity index (χ3n) is 3.19. The van der Waals surface area contributed by atoms with Crippen molar-refractivity contribution >= 4 is 17.7 Å². The van der Waals surface area contributed by atoms with Crippen LogP contribution in [0.4, 0.5) is 19.0 Å². The molecule has 22 heavy (non-hydrogen) atoms. The Hall–Kier alpha value is -2.58. The second-order valence-electron chi connectivity index (χ2n) is 4.53. The smallest absolute Gasteiger partial charge is 0.425 e. The average Bonchev–Trinajstić information content (AvgIpc) is 2.70. The molecule has 1 aliphatic heterocycles. The van der Waals surface area contributed by atoms with Gasteiger partial charge in [0.05, 0.1) is 7.11 Å². The van der Waals surface area contributed by atoms with E-state index in [1.165, 1.54) is 31.3 Å². The van der Waals surface area contributed by atoms with Crippen LogP contribution in [-0.2, 0) is 14.3 Å². The van der Waals surface area contributed by atoms with Crippen LogP contribution < -0.4 is 10.6 Å². The molecule has 118 valence electrons. The number of carbonyl (C=O) groups excluding carboxylic acids is 2. The Morgan fingerprint density at radius 1 is 1.41 bits per heavy atom. The van der Waals surface area contributed by atoms with Crippen LogP contribution in [0.3, 0.4) is 0 Å². The minimum absolute atomic E-state index is 0.203. The fraction of sp³-hybridized carbons (Fsp3) is 0.308. The highest BCUT2D eigenvalue weighted by Crippen LogP contribution is 2.43. The fourth-order valence-corrected chi connectivity index (χ4v) is 2.22. The molecule has 1 aliphatic rings. The van der Waals surface area contributed by atoms with Crippen molar-refractivity contribution < 1.29 is 27.5 Å². The number of aromatic nitrogens is 1. The second kappa shape index (κ2) is 5.32. The number of esters is 1. The van der Waals surface area contributed by atoms with E-state index >= 15 is 0 Å². The van der Waals surface area contributed by atoms with Gasteiger partial charge in [-0.2, -0.15) is 13.2 Å². The lowest BCUT2D eigenvalue weighted by Crippen LogP contribution is -2.60. The molecule has 1 aromatic heterocycles. The summed E-state index contributed by atoms with van der Waals surface area (Å²) in [5.74, 6) is -2.87. The molecule has 0 aliphatic carbocycles. The SMILES string of the molecule is COC(=O)C1=C(C)NC(=O)[C@]1(Nc1ccccn1)C(F)(F)F. The first-order valence-electron chi connectivity index (χ1n) is 6.11.